The molecule has 0 spiro atoms. The van der Waals surface area contributed by atoms with Gasteiger partial charge in [-0.05, 0) is 38.1 Å². The lowest BCUT2D eigenvalue weighted by molar-refractivity contribution is -0.146. The van der Waals surface area contributed by atoms with E-state index in [1.165, 1.54) is 25.7 Å². The van der Waals surface area contributed by atoms with Crippen LogP contribution in [0, 0.1) is 5.41 Å². The Labute approximate surface area is 135 Å². The number of likely N-dealkylation sites (tertiary alicyclic amines) is 1. The zero-order valence-electron chi connectivity index (χ0n) is 13.5. The second-order valence-corrected chi connectivity index (χ2v) is 6.92. The van der Waals surface area contributed by atoms with E-state index in [0.29, 0.717) is 6.54 Å². The number of carbonyl (C=O) groups is 1. The van der Waals surface area contributed by atoms with Crippen LogP contribution in [-0.4, -0.2) is 42.6 Å². The van der Waals surface area contributed by atoms with E-state index in [1.807, 2.05) is 11.8 Å². The summed E-state index contributed by atoms with van der Waals surface area (Å²) in [7, 11) is 0. The van der Waals surface area contributed by atoms with Gasteiger partial charge >= 0.3 is 0 Å². The number of ether oxygens (including phenoxy) is 1. The molecule has 1 saturated carbocycles. The molecule has 1 amide bonds. The lowest BCUT2D eigenvalue weighted by Crippen LogP contribution is -2.41. The molecule has 4 nitrogen and oxygen atoms in total. The Bertz CT molecular complexity index is 332. The molecule has 1 aliphatic heterocycles. The third-order valence-electron chi connectivity index (χ3n) is 4.91. The summed E-state index contributed by atoms with van der Waals surface area (Å²) in [6.45, 7) is 6.32. The van der Waals surface area contributed by atoms with Crippen molar-refractivity contribution in [1.82, 2.24) is 4.90 Å². The van der Waals surface area contributed by atoms with E-state index >= 15 is 0 Å². The van der Waals surface area contributed by atoms with Crippen molar-refractivity contribution < 1.29 is 9.53 Å². The minimum Gasteiger partial charge on any atom is -0.365 e. The molecular formula is C16H31ClN2O2. The molecule has 5 heteroatoms. The topological polar surface area (TPSA) is 55.6 Å². The number of rotatable bonds is 4. The Hall–Kier alpha value is -0.320. The highest BCUT2D eigenvalue weighted by Gasteiger charge is 2.36. The van der Waals surface area contributed by atoms with Gasteiger partial charge in [-0.2, -0.15) is 0 Å². The Morgan fingerprint density at radius 3 is 2.48 bits per heavy atom. The Morgan fingerprint density at radius 1 is 1.33 bits per heavy atom. The van der Waals surface area contributed by atoms with E-state index < -0.39 is 0 Å². The lowest BCUT2D eigenvalue weighted by Gasteiger charge is -2.26. The highest BCUT2D eigenvalue weighted by Crippen LogP contribution is 2.29. The summed E-state index contributed by atoms with van der Waals surface area (Å²) >= 11 is 0. The number of halogens is 1. The summed E-state index contributed by atoms with van der Waals surface area (Å²) in [5.41, 5.74) is 5.90. The van der Waals surface area contributed by atoms with Crippen molar-refractivity contribution in [1.29, 1.82) is 0 Å². The summed E-state index contributed by atoms with van der Waals surface area (Å²) in [5.74, 6) is 0.145. The van der Waals surface area contributed by atoms with Crippen molar-refractivity contribution in [3.63, 3.8) is 0 Å². The molecule has 2 atom stereocenters. The third kappa shape index (κ3) is 5.11. The summed E-state index contributed by atoms with van der Waals surface area (Å²) in [6.07, 6.45) is 8.29. The third-order valence-corrected chi connectivity index (χ3v) is 4.91. The van der Waals surface area contributed by atoms with Crippen LogP contribution in [0.4, 0.5) is 0 Å². The maximum Gasteiger partial charge on any atom is 0.251 e. The van der Waals surface area contributed by atoms with Crippen molar-refractivity contribution >= 4 is 18.3 Å². The first-order chi connectivity index (χ1) is 9.54. The van der Waals surface area contributed by atoms with Crippen molar-refractivity contribution in [3.8, 4) is 0 Å². The maximum absolute atomic E-state index is 12.5. The van der Waals surface area contributed by atoms with E-state index in [0.717, 1.165) is 32.4 Å². The first-order valence-electron chi connectivity index (χ1n) is 8.18. The molecule has 2 fully saturated rings. The van der Waals surface area contributed by atoms with E-state index in [4.69, 9.17) is 10.5 Å². The Kier molecular flexibility index (Phi) is 7.45. The molecule has 1 heterocycles. The van der Waals surface area contributed by atoms with Crippen LogP contribution in [0.15, 0.2) is 0 Å². The van der Waals surface area contributed by atoms with Crippen LogP contribution in [0.1, 0.15) is 58.8 Å². The molecule has 2 aliphatic rings. The van der Waals surface area contributed by atoms with E-state index in [1.54, 1.807) is 0 Å². The van der Waals surface area contributed by atoms with E-state index in [2.05, 4.69) is 6.92 Å². The van der Waals surface area contributed by atoms with Gasteiger partial charge in [0, 0.05) is 13.1 Å². The van der Waals surface area contributed by atoms with Gasteiger partial charge in [0.05, 0.1) is 6.10 Å². The molecule has 2 unspecified atom stereocenters. The second-order valence-electron chi connectivity index (χ2n) is 6.92. The van der Waals surface area contributed by atoms with Gasteiger partial charge in [0.15, 0.2) is 0 Å². The summed E-state index contributed by atoms with van der Waals surface area (Å²) in [4.78, 5) is 14.4. The molecule has 0 aromatic rings. The van der Waals surface area contributed by atoms with Gasteiger partial charge in [0.2, 0.25) is 0 Å². The van der Waals surface area contributed by atoms with Crippen molar-refractivity contribution in [2.75, 3.05) is 19.6 Å². The van der Waals surface area contributed by atoms with Crippen LogP contribution in [0.25, 0.3) is 0 Å². The number of hydrogen-bond acceptors (Lipinski definition) is 3. The Morgan fingerprint density at radius 2 is 1.95 bits per heavy atom. The number of nitrogens with two attached hydrogens (primary N) is 1. The summed E-state index contributed by atoms with van der Waals surface area (Å²) in [5, 5.41) is 0. The molecule has 124 valence electrons. The van der Waals surface area contributed by atoms with Gasteiger partial charge in [-0.1, -0.05) is 32.6 Å². The van der Waals surface area contributed by atoms with Gasteiger partial charge in [0.1, 0.15) is 6.10 Å². The summed E-state index contributed by atoms with van der Waals surface area (Å²) < 4.78 is 6.02. The van der Waals surface area contributed by atoms with E-state index in [-0.39, 0.29) is 35.9 Å². The molecule has 0 aromatic carbocycles. The Balaban J connectivity index is 0.00000220. The molecule has 21 heavy (non-hydrogen) atoms. The highest BCUT2D eigenvalue weighted by molar-refractivity contribution is 5.85. The minimum absolute atomic E-state index is 0. The molecule has 0 aromatic heterocycles. The highest BCUT2D eigenvalue weighted by atomic mass is 35.5. The zero-order chi connectivity index (χ0) is 14.6. The first-order valence-corrected chi connectivity index (χ1v) is 8.18. The monoisotopic (exact) mass is 318 g/mol. The fraction of sp³-hybridized carbons (Fsp3) is 0.938. The van der Waals surface area contributed by atoms with Crippen LogP contribution >= 0.6 is 12.4 Å². The predicted molar refractivity (Wildman–Crippen MR) is 87.6 cm³/mol. The lowest BCUT2D eigenvalue weighted by atomic mass is 9.90. The average Bonchev–Trinajstić information content (AvgIpc) is 2.67. The van der Waals surface area contributed by atoms with E-state index in [9.17, 15) is 4.79 Å². The molecule has 1 saturated heterocycles. The van der Waals surface area contributed by atoms with Crippen LogP contribution in [-0.2, 0) is 9.53 Å². The van der Waals surface area contributed by atoms with Gasteiger partial charge in [-0.15, -0.1) is 12.4 Å². The quantitative estimate of drug-likeness (QED) is 0.811. The second kappa shape index (κ2) is 8.35. The van der Waals surface area contributed by atoms with Crippen molar-refractivity contribution in [2.24, 2.45) is 11.1 Å². The molecule has 0 radical (unpaired) electrons. The smallest absolute Gasteiger partial charge is 0.251 e. The fourth-order valence-corrected chi connectivity index (χ4v) is 3.36. The number of amides is 1. The summed E-state index contributed by atoms with van der Waals surface area (Å²) in [6, 6.07) is 0. The van der Waals surface area contributed by atoms with Crippen molar-refractivity contribution in [3.05, 3.63) is 0 Å². The standard InChI is InChI=1S/C16H30N2O2.ClH/c1-13(20-14-7-5-3-4-6-8-14)15(19)18-10-9-16(2,11-17)12-18;/h13-14H,3-12,17H2,1-2H3;1H. The van der Waals surface area contributed by atoms with Gasteiger partial charge in [-0.25, -0.2) is 0 Å². The number of carbonyl (C=O) groups excluding carboxylic acids is 1. The maximum atomic E-state index is 12.5. The van der Waals surface area contributed by atoms with Crippen LogP contribution in [0.2, 0.25) is 0 Å². The van der Waals surface area contributed by atoms with Gasteiger partial charge in [0.25, 0.3) is 5.91 Å². The molecular weight excluding hydrogens is 288 g/mol. The van der Waals surface area contributed by atoms with Crippen LogP contribution in [0.5, 0.6) is 0 Å². The molecule has 1 aliphatic carbocycles. The number of hydrogen-bond donors (Lipinski definition) is 1. The molecule has 2 rings (SSSR count). The molecule has 0 bridgehead atoms. The normalized spacial score (nSPS) is 28.8. The number of nitrogens with zero attached hydrogens (tertiary/aromatic N) is 1. The van der Waals surface area contributed by atoms with Crippen LogP contribution in [0.3, 0.4) is 0 Å². The molecule has 2 N–H and O–H groups in total. The van der Waals surface area contributed by atoms with Gasteiger partial charge < -0.3 is 15.4 Å². The largest absolute Gasteiger partial charge is 0.365 e. The SMILES string of the molecule is CC(OC1CCCCCC1)C(=O)N1CCC(C)(CN)C1.Cl. The fourth-order valence-electron chi connectivity index (χ4n) is 3.36. The van der Waals surface area contributed by atoms with Crippen molar-refractivity contribution in [2.45, 2.75) is 71.0 Å². The average molecular weight is 319 g/mol. The predicted octanol–water partition coefficient (Wildman–Crippen LogP) is 2.73. The van der Waals surface area contributed by atoms with Gasteiger partial charge in [-0.3, -0.25) is 4.79 Å². The zero-order valence-corrected chi connectivity index (χ0v) is 14.3. The first kappa shape index (κ1) is 18.7. The van der Waals surface area contributed by atoms with Crippen LogP contribution < -0.4 is 5.73 Å². The minimum atomic E-state index is -0.307.